The summed E-state index contributed by atoms with van der Waals surface area (Å²) in [4.78, 5) is 19.3. The average molecular weight is 488 g/mol. The maximum absolute atomic E-state index is 13.9. The van der Waals surface area contributed by atoms with E-state index in [1.807, 2.05) is 12.1 Å². The van der Waals surface area contributed by atoms with Crippen LogP contribution in [0.15, 0.2) is 77.0 Å². The summed E-state index contributed by atoms with van der Waals surface area (Å²) in [5, 5.41) is 7.04. The highest BCUT2D eigenvalue weighted by atomic mass is 19.1. The van der Waals surface area contributed by atoms with E-state index >= 15 is 0 Å². The Labute approximate surface area is 206 Å². The molecule has 1 N–H and O–H groups in total. The van der Waals surface area contributed by atoms with Gasteiger partial charge in [0.1, 0.15) is 17.4 Å². The number of amides is 2. The van der Waals surface area contributed by atoms with Gasteiger partial charge in [-0.25, -0.2) is 13.6 Å². The van der Waals surface area contributed by atoms with Gasteiger partial charge in [-0.3, -0.25) is 4.90 Å². The number of ether oxygens (including phenoxy) is 1. The van der Waals surface area contributed by atoms with Crippen LogP contribution < -0.4 is 15.0 Å². The fourth-order valence-electron chi connectivity index (χ4n) is 4.25. The zero-order chi connectivity index (χ0) is 25.4. The van der Waals surface area contributed by atoms with E-state index < -0.39 is 17.9 Å². The first-order valence-corrected chi connectivity index (χ1v) is 11.2. The number of carbonyl (C=O) groups is 1. The van der Waals surface area contributed by atoms with Crippen molar-refractivity contribution >= 4 is 17.3 Å². The first-order chi connectivity index (χ1) is 17.4. The van der Waals surface area contributed by atoms with Crippen LogP contribution in [-0.4, -0.2) is 23.3 Å². The van der Waals surface area contributed by atoms with Crippen molar-refractivity contribution in [2.24, 2.45) is 0 Å². The minimum Gasteiger partial charge on any atom is -0.497 e. The summed E-state index contributed by atoms with van der Waals surface area (Å²) in [6, 6.07) is 16.5. The molecule has 1 aliphatic heterocycles. The molecule has 0 saturated carbocycles. The molecule has 1 aromatic heterocycles. The van der Waals surface area contributed by atoms with Crippen LogP contribution in [0.3, 0.4) is 0 Å². The Kier molecular flexibility index (Phi) is 5.97. The lowest BCUT2D eigenvalue weighted by Gasteiger charge is -2.35. The molecule has 0 spiro atoms. The maximum Gasteiger partial charge on any atom is 0.326 e. The summed E-state index contributed by atoms with van der Waals surface area (Å²) >= 11 is 0. The Morgan fingerprint density at radius 3 is 2.58 bits per heavy atom. The van der Waals surface area contributed by atoms with Crippen molar-refractivity contribution in [3.8, 4) is 17.1 Å². The van der Waals surface area contributed by atoms with Crippen LogP contribution in [0.1, 0.15) is 30.0 Å². The number of halogens is 2. The zero-order valence-corrected chi connectivity index (χ0v) is 19.8. The summed E-state index contributed by atoms with van der Waals surface area (Å²) in [5.41, 5.74) is 3.13. The third-order valence-corrected chi connectivity index (χ3v) is 6.05. The molecule has 0 radical (unpaired) electrons. The number of rotatable bonds is 5. The van der Waals surface area contributed by atoms with Gasteiger partial charge in [-0.15, -0.1) is 0 Å². The first-order valence-electron chi connectivity index (χ1n) is 11.2. The molecule has 4 aromatic rings. The van der Waals surface area contributed by atoms with Gasteiger partial charge >= 0.3 is 6.03 Å². The molecule has 2 heterocycles. The molecule has 2 amide bonds. The number of carbonyl (C=O) groups excluding carboxylic acids is 1. The highest BCUT2D eigenvalue weighted by molar-refractivity contribution is 6.01. The van der Waals surface area contributed by atoms with E-state index in [4.69, 9.17) is 9.26 Å². The number of anilines is 1. The summed E-state index contributed by atoms with van der Waals surface area (Å²) in [6.45, 7) is 3.38. The molecule has 0 saturated heterocycles. The lowest BCUT2D eigenvalue weighted by molar-refractivity contribution is 0.244. The van der Waals surface area contributed by atoms with Crippen molar-refractivity contribution in [2.75, 3.05) is 12.0 Å². The molecule has 1 aliphatic rings. The number of nitrogens with zero attached hydrogens (tertiary/aromatic N) is 3. The van der Waals surface area contributed by atoms with E-state index in [9.17, 15) is 13.6 Å². The van der Waals surface area contributed by atoms with Gasteiger partial charge < -0.3 is 14.6 Å². The molecule has 9 heteroatoms. The summed E-state index contributed by atoms with van der Waals surface area (Å²) in [7, 11) is 1.56. The zero-order valence-electron chi connectivity index (χ0n) is 19.8. The molecule has 1 unspecified atom stereocenters. The van der Waals surface area contributed by atoms with Crippen LogP contribution in [0.5, 0.6) is 5.75 Å². The molecule has 5 rings (SSSR count). The number of nitrogens with one attached hydrogen (secondary N) is 1. The van der Waals surface area contributed by atoms with Gasteiger partial charge in [0.25, 0.3) is 5.89 Å². The van der Waals surface area contributed by atoms with Crippen LogP contribution in [0.2, 0.25) is 0 Å². The molecule has 0 fully saturated rings. The van der Waals surface area contributed by atoms with Gasteiger partial charge in [0.15, 0.2) is 0 Å². The van der Waals surface area contributed by atoms with E-state index in [0.29, 0.717) is 33.8 Å². The molecule has 1 atom stereocenters. The number of hydrogen-bond donors (Lipinski definition) is 1. The van der Waals surface area contributed by atoms with Crippen LogP contribution in [0.25, 0.3) is 17.0 Å². The van der Waals surface area contributed by atoms with E-state index in [1.54, 1.807) is 51.3 Å². The molecule has 36 heavy (non-hydrogen) atoms. The molecule has 0 aliphatic carbocycles. The second kappa shape index (κ2) is 9.26. The Bertz CT molecular complexity index is 1500. The molecular formula is C27H22F2N4O3. The van der Waals surface area contributed by atoms with Crippen LogP contribution in [0, 0.1) is 18.6 Å². The number of allylic oxidation sites excluding steroid dienone is 1. The van der Waals surface area contributed by atoms with Crippen molar-refractivity contribution in [3.63, 3.8) is 0 Å². The van der Waals surface area contributed by atoms with E-state index in [2.05, 4.69) is 15.5 Å². The molecule has 3 aromatic carbocycles. The number of hydrogen-bond acceptors (Lipinski definition) is 5. The topological polar surface area (TPSA) is 80.5 Å². The summed E-state index contributed by atoms with van der Waals surface area (Å²) < 4.78 is 38.7. The number of aromatic nitrogens is 2. The number of urea groups is 1. The minimum absolute atomic E-state index is 0.156. The Morgan fingerprint density at radius 2 is 1.83 bits per heavy atom. The second-order valence-corrected chi connectivity index (χ2v) is 8.36. The second-order valence-electron chi connectivity index (χ2n) is 8.36. The lowest BCUT2D eigenvalue weighted by atomic mass is 9.94. The standard InChI is InChI=1S/C27H22F2N4O3/c1-15-12-20(10-11-22(15)29)33-16(2)23(24(30-27(33)34)17-6-5-9-21(14-17)35-3)26-31-25(32-36-26)18-7-4-8-19(28)13-18/h4-14,24H,1-3H3,(H,30,34). The van der Waals surface area contributed by atoms with Gasteiger partial charge in [-0.2, -0.15) is 4.98 Å². The van der Waals surface area contributed by atoms with Crippen LogP contribution in [0.4, 0.5) is 19.3 Å². The van der Waals surface area contributed by atoms with Crippen molar-refractivity contribution in [3.05, 3.63) is 101 Å². The Balaban J connectivity index is 1.67. The number of benzene rings is 3. The van der Waals surface area contributed by atoms with Gasteiger partial charge in [0, 0.05) is 11.3 Å². The Morgan fingerprint density at radius 1 is 1.03 bits per heavy atom. The average Bonchev–Trinajstić information content (AvgIpc) is 3.35. The monoisotopic (exact) mass is 488 g/mol. The van der Waals surface area contributed by atoms with Crippen LogP contribution in [-0.2, 0) is 0 Å². The van der Waals surface area contributed by atoms with E-state index in [0.717, 1.165) is 5.56 Å². The van der Waals surface area contributed by atoms with Crippen molar-refractivity contribution in [1.82, 2.24) is 15.5 Å². The van der Waals surface area contributed by atoms with Crippen molar-refractivity contribution in [2.45, 2.75) is 19.9 Å². The summed E-state index contributed by atoms with van der Waals surface area (Å²) in [5.74, 6) is 0.176. The smallest absolute Gasteiger partial charge is 0.326 e. The predicted octanol–water partition coefficient (Wildman–Crippen LogP) is 6.03. The van der Waals surface area contributed by atoms with E-state index in [-0.39, 0.29) is 17.5 Å². The SMILES string of the molecule is COc1cccc(C2NC(=O)N(c3ccc(F)c(C)c3)C(C)=C2c2nc(-c3cccc(F)c3)no2)c1. The van der Waals surface area contributed by atoms with Gasteiger partial charge in [0.05, 0.1) is 24.4 Å². The molecular weight excluding hydrogens is 466 g/mol. The third kappa shape index (κ3) is 4.19. The lowest BCUT2D eigenvalue weighted by Crippen LogP contribution is -2.46. The normalized spacial score (nSPS) is 15.8. The number of aryl methyl sites for hydroxylation is 1. The third-order valence-electron chi connectivity index (χ3n) is 6.05. The van der Waals surface area contributed by atoms with Crippen LogP contribution >= 0.6 is 0 Å². The largest absolute Gasteiger partial charge is 0.497 e. The highest BCUT2D eigenvalue weighted by Gasteiger charge is 2.36. The van der Waals surface area contributed by atoms with Gasteiger partial charge in [0.2, 0.25) is 5.82 Å². The van der Waals surface area contributed by atoms with E-state index in [1.165, 1.54) is 29.2 Å². The Hall–Kier alpha value is -4.53. The fraction of sp³-hybridized carbons (Fsp3) is 0.148. The quantitative estimate of drug-likeness (QED) is 0.371. The van der Waals surface area contributed by atoms with Crippen molar-refractivity contribution < 1.29 is 22.8 Å². The molecule has 7 nitrogen and oxygen atoms in total. The summed E-state index contributed by atoms with van der Waals surface area (Å²) in [6.07, 6.45) is 0. The van der Waals surface area contributed by atoms with Gasteiger partial charge in [-0.1, -0.05) is 29.4 Å². The van der Waals surface area contributed by atoms with Crippen molar-refractivity contribution in [1.29, 1.82) is 0 Å². The minimum atomic E-state index is -0.647. The first kappa shape index (κ1) is 23.2. The number of methoxy groups -OCH3 is 1. The predicted molar refractivity (Wildman–Crippen MR) is 130 cm³/mol. The fourth-order valence-corrected chi connectivity index (χ4v) is 4.25. The highest BCUT2D eigenvalue weighted by Crippen LogP contribution is 2.40. The van der Waals surface area contributed by atoms with Gasteiger partial charge in [-0.05, 0) is 67.4 Å². The maximum atomic E-state index is 13.9. The molecule has 182 valence electrons. The molecule has 0 bridgehead atoms.